The molecule has 0 spiro atoms. The number of nitrogens with zero attached hydrogens (tertiary/aromatic N) is 1. The molecule has 4 nitrogen and oxygen atoms in total. The second-order valence-electron chi connectivity index (χ2n) is 4.77. The fraction of sp³-hybridized carbons (Fsp3) is 0.917. The first-order valence-electron chi connectivity index (χ1n) is 6.15. The topological polar surface area (TPSA) is 41.6 Å². The Morgan fingerprint density at radius 2 is 2.31 bits per heavy atom. The summed E-state index contributed by atoms with van der Waals surface area (Å²) in [6, 6.07) is 0.653. The third-order valence-electron chi connectivity index (χ3n) is 3.21. The van der Waals surface area contributed by atoms with Gasteiger partial charge in [-0.25, -0.2) is 0 Å². The molecule has 1 fully saturated rings. The first-order chi connectivity index (χ1) is 7.63. The summed E-state index contributed by atoms with van der Waals surface area (Å²) >= 11 is 0. The molecule has 16 heavy (non-hydrogen) atoms. The zero-order valence-corrected chi connectivity index (χ0v) is 10.7. The highest BCUT2D eigenvalue weighted by Crippen LogP contribution is 2.17. The largest absolute Gasteiger partial charge is 0.469 e. The second kappa shape index (κ2) is 6.86. The normalized spacial score (nSPS) is 21.6. The van der Waals surface area contributed by atoms with Gasteiger partial charge in [0.1, 0.15) is 0 Å². The number of likely N-dealkylation sites (tertiary alicyclic amines) is 1. The van der Waals surface area contributed by atoms with Crippen molar-refractivity contribution in [1.82, 2.24) is 10.2 Å². The Bertz CT molecular complexity index is 219. The van der Waals surface area contributed by atoms with E-state index in [0.29, 0.717) is 12.5 Å². The molecule has 1 rings (SSSR count). The van der Waals surface area contributed by atoms with Crippen molar-refractivity contribution in [2.45, 2.75) is 32.7 Å². The van der Waals surface area contributed by atoms with Crippen LogP contribution >= 0.6 is 0 Å². The highest BCUT2D eigenvalue weighted by Gasteiger charge is 2.23. The van der Waals surface area contributed by atoms with Crippen molar-refractivity contribution in [2.24, 2.45) is 5.92 Å². The minimum absolute atomic E-state index is 0.136. The van der Waals surface area contributed by atoms with Gasteiger partial charge in [0.05, 0.1) is 13.5 Å². The lowest BCUT2D eigenvalue weighted by atomic mass is 10.1. The molecule has 94 valence electrons. The Balaban J connectivity index is 2.05. The number of nitrogens with one attached hydrogen (secondary N) is 1. The number of carbonyl (C=O) groups is 1. The van der Waals surface area contributed by atoms with Gasteiger partial charge < -0.3 is 15.0 Å². The van der Waals surface area contributed by atoms with Crippen LogP contribution in [-0.2, 0) is 9.53 Å². The highest BCUT2D eigenvalue weighted by atomic mass is 16.5. The lowest BCUT2D eigenvalue weighted by Gasteiger charge is -2.20. The lowest BCUT2D eigenvalue weighted by Crippen LogP contribution is -2.31. The minimum atomic E-state index is -0.136. The van der Waals surface area contributed by atoms with E-state index < -0.39 is 0 Å². The SMILES string of the molecule is COC(=O)CCNCC1CCN(C(C)C)C1. The van der Waals surface area contributed by atoms with Crippen LogP contribution in [0.1, 0.15) is 26.7 Å². The molecule has 0 amide bonds. The van der Waals surface area contributed by atoms with Crippen LogP contribution in [-0.4, -0.2) is 50.2 Å². The molecule has 1 saturated heterocycles. The molecule has 1 unspecified atom stereocenters. The van der Waals surface area contributed by atoms with Gasteiger partial charge in [-0.3, -0.25) is 4.79 Å². The molecule has 0 saturated carbocycles. The average molecular weight is 228 g/mol. The Hall–Kier alpha value is -0.610. The van der Waals surface area contributed by atoms with E-state index in [0.717, 1.165) is 19.0 Å². The number of rotatable bonds is 6. The number of hydrogen-bond acceptors (Lipinski definition) is 4. The van der Waals surface area contributed by atoms with Gasteiger partial charge in [-0.2, -0.15) is 0 Å². The fourth-order valence-electron chi connectivity index (χ4n) is 2.10. The molecule has 1 atom stereocenters. The summed E-state index contributed by atoms with van der Waals surface area (Å²) in [5.41, 5.74) is 0. The smallest absolute Gasteiger partial charge is 0.306 e. The van der Waals surface area contributed by atoms with E-state index in [4.69, 9.17) is 0 Å². The third kappa shape index (κ3) is 4.49. The average Bonchev–Trinajstić information content (AvgIpc) is 2.72. The van der Waals surface area contributed by atoms with Crippen LogP contribution in [0.3, 0.4) is 0 Å². The van der Waals surface area contributed by atoms with E-state index in [1.54, 1.807) is 0 Å². The molecule has 0 bridgehead atoms. The van der Waals surface area contributed by atoms with Crippen molar-refractivity contribution >= 4 is 5.97 Å². The maximum Gasteiger partial charge on any atom is 0.306 e. The number of esters is 1. The van der Waals surface area contributed by atoms with Crippen LogP contribution in [0.15, 0.2) is 0 Å². The van der Waals surface area contributed by atoms with Crippen LogP contribution in [0.5, 0.6) is 0 Å². The number of hydrogen-bond donors (Lipinski definition) is 1. The molecule has 1 aliphatic rings. The fourth-order valence-corrected chi connectivity index (χ4v) is 2.10. The molecule has 1 aliphatic heterocycles. The van der Waals surface area contributed by atoms with E-state index in [9.17, 15) is 4.79 Å². The number of carbonyl (C=O) groups excluding carboxylic acids is 1. The molecule has 0 radical (unpaired) electrons. The zero-order valence-electron chi connectivity index (χ0n) is 10.7. The first kappa shape index (κ1) is 13.5. The summed E-state index contributed by atoms with van der Waals surface area (Å²) in [4.78, 5) is 13.4. The van der Waals surface area contributed by atoms with Crippen LogP contribution in [0, 0.1) is 5.92 Å². The van der Waals surface area contributed by atoms with Crippen molar-refractivity contribution in [2.75, 3.05) is 33.3 Å². The lowest BCUT2D eigenvalue weighted by molar-refractivity contribution is -0.140. The maximum absolute atomic E-state index is 10.9. The molecule has 1 heterocycles. The monoisotopic (exact) mass is 228 g/mol. The molecule has 0 aromatic heterocycles. The van der Waals surface area contributed by atoms with Crippen LogP contribution in [0.4, 0.5) is 0 Å². The predicted octanol–water partition coefficient (Wildman–Crippen LogP) is 0.869. The van der Waals surface area contributed by atoms with Gasteiger partial charge in [-0.15, -0.1) is 0 Å². The van der Waals surface area contributed by atoms with E-state index in [1.807, 2.05) is 0 Å². The molecule has 0 aliphatic carbocycles. The standard InChI is InChI=1S/C12H24N2O2/c1-10(2)14-7-5-11(9-14)8-13-6-4-12(15)16-3/h10-11,13H,4-9H2,1-3H3. The molecule has 1 N–H and O–H groups in total. The Morgan fingerprint density at radius 1 is 1.56 bits per heavy atom. The van der Waals surface area contributed by atoms with E-state index >= 15 is 0 Å². The molecular weight excluding hydrogens is 204 g/mol. The summed E-state index contributed by atoms with van der Waals surface area (Å²) in [5, 5.41) is 3.32. The van der Waals surface area contributed by atoms with Crippen molar-refractivity contribution in [3.05, 3.63) is 0 Å². The van der Waals surface area contributed by atoms with Crippen molar-refractivity contribution < 1.29 is 9.53 Å². The predicted molar refractivity (Wildman–Crippen MR) is 64.3 cm³/mol. The Kier molecular flexibility index (Phi) is 5.77. The van der Waals surface area contributed by atoms with Gasteiger partial charge in [-0.05, 0) is 39.3 Å². The zero-order chi connectivity index (χ0) is 12.0. The summed E-state index contributed by atoms with van der Waals surface area (Å²) < 4.78 is 4.58. The molecule has 4 heteroatoms. The van der Waals surface area contributed by atoms with Gasteiger partial charge in [0.2, 0.25) is 0 Å². The van der Waals surface area contributed by atoms with Gasteiger partial charge in [-0.1, -0.05) is 0 Å². The molecular formula is C12H24N2O2. The van der Waals surface area contributed by atoms with Crippen LogP contribution in [0.25, 0.3) is 0 Å². The van der Waals surface area contributed by atoms with Crippen molar-refractivity contribution in [1.29, 1.82) is 0 Å². The summed E-state index contributed by atoms with van der Waals surface area (Å²) in [7, 11) is 1.43. The molecule has 0 aromatic carbocycles. The third-order valence-corrected chi connectivity index (χ3v) is 3.21. The summed E-state index contributed by atoms with van der Waals surface area (Å²) in [6.45, 7) is 8.62. The van der Waals surface area contributed by atoms with Crippen LogP contribution in [0.2, 0.25) is 0 Å². The van der Waals surface area contributed by atoms with Gasteiger partial charge >= 0.3 is 5.97 Å². The number of ether oxygens (including phenoxy) is 1. The Labute approximate surface area is 98.3 Å². The van der Waals surface area contributed by atoms with Gasteiger partial charge in [0, 0.05) is 19.1 Å². The summed E-state index contributed by atoms with van der Waals surface area (Å²) in [6.07, 6.45) is 1.74. The van der Waals surface area contributed by atoms with Gasteiger partial charge in [0.25, 0.3) is 0 Å². The summed E-state index contributed by atoms with van der Waals surface area (Å²) in [5.74, 6) is 0.600. The first-order valence-corrected chi connectivity index (χ1v) is 6.15. The van der Waals surface area contributed by atoms with Crippen molar-refractivity contribution in [3.8, 4) is 0 Å². The van der Waals surface area contributed by atoms with E-state index in [2.05, 4.69) is 28.8 Å². The van der Waals surface area contributed by atoms with E-state index in [1.165, 1.54) is 26.6 Å². The molecule has 0 aromatic rings. The highest BCUT2D eigenvalue weighted by molar-refractivity contribution is 5.69. The quantitative estimate of drug-likeness (QED) is 0.541. The number of methoxy groups -OCH3 is 1. The second-order valence-corrected chi connectivity index (χ2v) is 4.77. The van der Waals surface area contributed by atoms with Crippen molar-refractivity contribution in [3.63, 3.8) is 0 Å². The maximum atomic E-state index is 10.9. The van der Waals surface area contributed by atoms with E-state index in [-0.39, 0.29) is 5.97 Å². The minimum Gasteiger partial charge on any atom is -0.469 e. The Morgan fingerprint density at radius 3 is 2.88 bits per heavy atom. The van der Waals surface area contributed by atoms with Crippen LogP contribution < -0.4 is 5.32 Å². The van der Waals surface area contributed by atoms with Gasteiger partial charge in [0.15, 0.2) is 0 Å².